The standard InChI is InChI=1S/C12H11O3P.Fe/c13-16(14-11-7-3-1-4-8-11)15-12-9-5-2-6-10-12;/h1-10,16H;. The zero-order valence-electron chi connectivity index (χ0n) is 8.85. The van der Waals surface area contributed by atoms with E-state index in [0.29, 0.717) is 11.5 Å². The molecule has 2 aromatic rings. The first-order chi connectivity index (χ1) is 7.84. The van der Waals surface area contributed by atoms with Crippen LogP contribution >= 0.6 is 8.25 Å². The Morgan fingerprint density at radius 3 is 1.41 bits per heavy atom. The van der Waals surface area contributed by atoms with Gasteiger partial charge in [0.25, 0.3) is 0 Å². The van der Waals surface area contributed by atoms with Crippen molar-refractivity contribution in [2.24, 2.45) is 0 Å². The fourth-order valence-corrected chi connectivity index (χ4v) is 1.89. The molecule has 0 saturated carbocycles. The van der Waals surface area contributed by atoms with Gasteiger partial charge in [0.15, 0.2) is 0 Å². The maximum Gasteiger partial charge on any atom is 0.418 e. The molecule has 2 aromatic carbocycles. The molecule has 0 heterocycles. The number of hydrogen-bond donors (Lipinski definition) is 0. The smallest absolute Gasteiger partial charge is 0.418 e. The predicted molar refractivity (Wildman–Crippen MR) is 63.1 cm³/mol. The largest absolute Gasteiger partial charge is 0.418 e. The van der Waals surface area contributed by atoms with Crippen molar-refractivity contribution < 1.29 is 30.7 Å². The van der Waals surface area contributed by atoms with Crippen LogP contribution in [0.5, 0.6) is 11.5 Å². The van der Waals surface area contributed by atoms with Gasteiger partial charge >= 0.3 is 8.25 Å². The Labute approximate surface area is 111 Å². The van der Waals surface area contributed by atoms with Gasteiger partial charge in [-0.05, 0) is 24.3 Å². The van der Waals surface area contributed by atoms with E-state index in [0.717, 1.165) is 0 Å². The van der Waals surface area contributed by atoms with E-state index in [1.807, 2.05) is 36.4 Å². The summed E-state index contributed by atoms with van der Waals surface area (Å²) in [5.74, 6) is 1.09. The number of para-hydroxylation sites is 2. The molecule has 0 radical (unpaired) electrons. The number of benzene rings is 2. The summed E-state index contributed by atoms with van der Waals surface area (Å²) in [7, 11) is -2.54. The van der Waals surface area contributed by atoms with Gasteiger partial charge in [0.05, 0.1) is 0 Å². The van der Waals surface area contributed by atoms with Gasteiger partial charge in [0.1, 0.15) is 11.5 Å². The monoisotopic (exact) mass is 290 g/mol. The molecule has 0 aliphatic carbocycles. The predicted octanol–water partition coefficient (Wildman–Crippen LogP) is 3.53. The van der Waals surface area contributed by atoms with E-state index in [4.69, 9.17) is 9.05 Å². The van der Waals surface area contributed by atoms with Crippen molar-refractivity contribution in [1.82, 2.24) is 0 Å². The Morgan fingerprint density at radius 2 is 1.06 bits per heavy atom. The van der Waals surface area contributed by atoms with Gasteiger partial charge in [-0.2, -0.15) is 0 Å². The maximum atomic E-state index is 11.5. The Morgan fingerprint density at radius 1 is 0.706 bits per heavy atom. The van der Waals surface area contributed by atoms with Gasteiger partial charge in [-0.25, -0.2) is 4.57 Å². The quantitative estimate of drug-likeness (QED) is 0.638. The second kappa shape index (κ2) is 7.18. The van der Waals surface area contributed by atoms with Crippen LogP contribution in [0, 0.1) is 0 Å². The van der Waals surface area contributed by atoms with Crippen molar-refractivity contribution >= 4 is 8.25 Å². The van der Waals surface area contributed by atoms with Crippen molar-refractivity contribution in [3.05, 3.63) is 60.7 Å². The average Bonchev–Trinajstić information content (AvgIpc) is 2.31. The van der Waals surface area contributed by atoms with Crippen LogP contribution in [0.3, 0.4) is 0 Å². The molecular formula is C12H11FeO3P. The molecule has 5 heteroatoms. The molecule has 0 aromatic heterocycles. The summed E-state index contributed by atoms with van der Waals surface area (Å²) >= 11 is 0. The third kappa shape index (κ3) is 4.66. The fraction of sp³-hybridized carbons (Fsp3) is 0. The number of rotatable bonds is 4. The van der Waals surface area contributed by atoms with Crippen molar-refractivity contribution in [2.45, 2.75) is 0 Å². The minimum atomic E-state index is -2.54. The summed E-state index contributed by atoms with van der Waals surface area (Å²) in [6.07, 6.45) is 0. The van der Waals surface area contributed by atoms with Crippen LogP contribution in [0.1, 0.15) is 0 Å². The molecule has 0 spiro atoms. The second-order valence-corrected chi connectivity index (χ2v) is 3.99. The molecular weight excluding hydrogens is 279 g/mol. The Kier molecular flexibility index (Phi) is 5.85. The summed E-state index contributed by atoms with van der Waals surface area (Å²) in [6.45, 7) is 0. The van der Waals surface area contributed by atoms with Crippen LogP contribution in [0.15, 0.2) is 60.7 Å². The first-order valence-corrected chi connectivity index (χ1v) is 6.07. The van der Waals surface area contributed by atoms with Crippen LogP contribution < -0.4 is 9.05 Å². The van der Waals surface area contributed by atoms with E-state index in [9.17, 15) is 4.57 Å². The third-order valence-electron chi connectivity index (χ3n) is 1.89. The molecule has 0 aliphatic heterocycles. The molecule has 0 amide bonds. The summed E-state index contributed by atoms with van der Waals surface area (Å²) in [5, 5.41) is 0. The van der Waals surface area contributed by atoms with E-state index in [2.05, 4.69) is 0 Å². The van der Waals surface area contributed by atoms with Crippen LogP contribution in [-0.4, -0.2) is 0 Å². The van der Waals surface area contributed by atoms with Gasteiger partial charge in [0, 0.05) is 17.1 Å². The van der Waals surface area contributed by atoms with Gasteiger partial charge in [-0.1, -0.05) is 36.4 Å². The summed E-state index contributed by atoms with van der Waals surface area (Å²) in [6, 6.07) is 17.9. The Hall–Kier alpha value is -1.21. The van der Waals surface area contributed by atoms with Crippen LogP contribution in [-0.2, 0) is 21.6 Å². The zero-order chi connectivity index (χ0) is 11.2. The molecule has 0 fully saturated rings. The molecule has 0 bridgehead atoms. The van der Waals surface area contributed by atoms with Crippen molar-refractivity contribution in [1.29, 1.82) is 0 Å². The average molecular weight is 290 g/mol. The first kappa shape index (κ1) is 13.9. The van der Waals surface area contributed by atoms with E-state index < -0.39 is 8.25 Å². The summed E-state index contributed by atoms with van der Waals surface area (Å²) < 4.78 is 21.8. The van der Waals surface area contributed by atoms with Crippen LogP contribution in [0.25, 0.3) is 0 Å². The number of hydrogen-bond acceptors (Lipinski definition) is 3. The molecule has 17 heavy (non-hydrogen) atoms. The van der Waals surface area contributed by atoms with Crippen molar-refractivity contribution in [2.75, 3.05) is 0 Å². The maximum absolute atomic E-state index is 11.5. The van der Waals surface area contributed by atoms with E-state index in [-0.39, 0.29) is 17.1 Å². The molecule has 3 nitrogen and oxygen atoms in total. The fourth-order valence-electron chi connectivity index (χ4n) is 1.19. The van der Waals surface area contributed by atoms with Crippen molar-refractivity contribution in [3.8, 4) is 11.5 Å². The molecule has 90 valence electrons. The second-order valence-electron chi connectivity index (χ2n) is 3.08. The molecule has 0 N–H and O–H groups in total. The SMILES string of the molecule is O=[PH](Oc1ccccc1)Oc1ccccc1.[Fe]. The first-order valence-electron chi connectivity index (χ1n) is 4.84. The normalized spacial score (nSPS) is 9.47. The van der Waals surface area contributed by atoms with E-state index in [1.54, 1.807) is 24.3 Å². The zero-order valence-corrected chi connectivity index (χ0v) is 11.0. The van der Waals surface area contributed by atoms with Crippen LogP contribution in [0.4, 0.5) is 0 Å². The minimum absolute atomic E-state index is 0. The third-order valence-corrected chi connectivity index (χ3v) is 2.69. The molecule has 0 unspecified atom stereocenters. The topological polar surface area (TPSA) is 35.5 Å². The van der Waals surface area contributed by atoms with E-state index >= 15 is 0 Å². The van der Waals surface area contributed by atoms with E-state index in [1.165, 1.54) is 0 Å². The van der Waals surface area contributed by atoms with Gasteiger partial charge in [-0.15, -0.1) is 0 Å². The van der Waals surface area contributed by atoms with Crippen molar-refractivity contribution in [3.63, 3.8) is 0 Å². The molecule has 0 aliphatic rings. The summed E-state index contributed by atoms with van der Waals surface area (Å²) in [4.78, 5) is 0. The van der Waals surface area contributed by atoms with Gasteiger partial charge in [0.2, 0.25) is 0 Å². The molecule has 2 rings (SSSR count). The Balaban J connectivity index is 0.00000144. The van der Waals surface area contributed by atoms with Gasteiger partial charge < -0.3 is 9.05 Å². The molecule has 0 saturated heterocycles. The molecule has 0 atom stereocenters. The van der Waals surface area contributed by atoms with Crippen LogP contribution in [0.2, 0.25) is 0 Å². The summed E-state index contributed by atoms with van der Waals surface area (Å²) in [5.41, 5.74) is 0. The minimum Gasteiger partial charge on any atom is -0.418 e. The van der Waals surface area contributed by atoms with Gasteiger partial charge in [-0.3, -0.25) is 0 Å². The Bertz CT molecular complexity index is 418.